The molecule has 0 aliphatic rings. The van der Waals surface area contributed by atoms with Crippen molar-refractivity contribution in [3.63, 3.8) is 0 Å². The fourth-order valence-electron chi connectivity index (χ4n) is 2.56. The maximum Gasteiger partial charge on any atom is 0.429 e. The standard InChI is InChI=1S/C22H27N3O5/c1-23(2)21(27)24(3)25(4)22(28)30-19(15-17-11-7-5-8-12-17)20(26)29-16-18-13-9-6-10-14-18/h5-14,19H,15-16H2,1-4H3. The fourth-order valence-corrected chi connectivity index (χ4v) is 2.56. The van der Waals surface area contributed by atoms with Crippen LogP contribution in [0.1, 0.15) is 11.1 Å². The largest absolute Gasteiger partial charge is 0.458 e. The summed E-state index contributed by atoms with van der Waals surface area (Å²) in [5.74, 6) is -0.661. The Labute approximate surface area is 176 Å². The van der Waals surface area contributed by atoms with Crippen molar-refractivity contribution in [3.05, 3.63) is 71.8 Å². The lowest BCUT2D eigenvalue weighted by Crippen LogP contribution is -2.50. The minimum atomic E-state index is -1.16. The molecule has 8 nitrogen and oxygen atoms in total. The van der Waals surface area contributed by atoms with Crippen LogP contribution in [-0.2, 0) is 27.3 Å². The summed E-state index contributed by atoms with van der Waals surface area (Å²) in [6, 6.07) is 18.0. The number of rotatable bonds is 6. The van der Waals surface area contributed by atoms with E-state index in [-0.39, 0.29) is 13.0 Å². The first-order chi connectivity index (χ1) is 14.3. The number of nitrogens with zero attached hydrogens (tertiary/aromatic N) is 3. The number of hydrogen-bond donors (Lipinski definition) is 0. The Hall–Kier alpha value is -3.55. The number of esters is 1. The number of urea groups is 1. The second kappa shape index (κ2) is 10.8. The Kier molecular flexibility index (Phi) is 8.22. The number of ether oxygens (including phenoxy) is 2. The molecule has 0 aliphatic carbocycles. The van der Waals surface area contributed by atoms with E-state index in [1.807, 2.05) is 60.7 Å². The second-order valence-corrected chi connectivity index (χ2v) is 6.88. The molecule has 8 heteroatoms. The van der Waals surface area contributed by atoms with Crippen molar-refractivity contribution >= 4 is 18.1 Å². The van der Waals surface area contributed by atoms with Gasteiger partial charge in [0.05, 0.1) is 0 Å². The Bertz CT molecular complexity index is 842. The number of carbonyl (C=O) groups excluding carboxylic acids is 3. The summed E-state index contributed by atoms with van der Waals surface area (Å²) < 4.78 is 10.8. The van der Waals surface area contributed by atoms with Gasteiger partial charge >= 0.3 is 18.1 Å². The third kappa shape index (κ3) is 6.51. The minimum Gasteiger partial charge on any atom is -0.458 e. The van der Waals surface area contributed by atoms with Gasteiger partial charge in [0.1, 0.15) is 6.61 Å². The van der Waals surface area contributed by atoms with Crippen LogP contribution in [0, 0.1) is 0 Å². The molecule has 1 atom stereocenters. The molecule has 30 heavy (non-hydrogen) atoms. The maximum absolute atomic E-state index is 12.7. The lowest BCUT2D eigenvalue weighted by molar-refractivity contribution is -0.156. The summed E-state index contributed by atoms with van der Waals surface area (Å²) in [5.41, 5.74) is 1.64. The zero-order valence-corrected chi connectivity index (χ0v) is 17.6. The molecule has 0 aromatic heterocycles. The van der Waals surface area contributed by atoms with Gasteiger partial charge in [-0.15, -0.1) is 0 Å². The minimum absolute atomic E-state index is 0.0668. The second-order valence-electron chi connectivity index (χ2n) is 6.88. The van der Waals surface area contributed by atoms with Gasteiger partial charge in [-0.1, -0.05) is 60.7 Å². The van der Waals surface area contributed by atoms with Crippen LogP contribution >= 0.6 is 0 Å². The molecule has 0 saturated heterocycles. The van der Waals surface area contributed by atoms with E-state index in [2.05, 4.69) is 0 Å². The molecule has 0 fully saturated rings. The van der Waals surface area contributed by atoms with Crippen LogP contribution in [0.3, 0.4) is 0 Å². The van der Waals surface area contributed by atoms with E-state index in [4.69, 9.17) is 9.47 Å². The van der Waals surface area contributed by atoms with Crippen LogP contribution in [-0.4, -0.2) is 67.3 Å². The molecule has 1 unspecified atom stereocenters. The van der Waals surface area contributed by atoms with Crippen molar-refractivity contribution in [2.45, 2.75) is 19.1 Å². The van der Waals surface area contributed by atoms with Gasteiger partial charge in [-0.25, -0.2) is 24.4 Å². The molecule has 2 rings (SSSR count). The van der Waals surface area contributed by atoms with Gasteiger partial charge < -0.3 is 14.4 Å². The number of carbonyl (C=O) groups is 3. The van der Waals surface area contributed by atoms with Gasteiger partial charge in [0.2, 0.25) is 6.10 Å². The molecule has 2 aromatic carbocycles. The number of amides is 3. The van der Waals surface area contributed by atoms with Gasteiger partial charge in [0, 0.05) is 34.6 Å². The summed E-state index contributed by atoms with van der Waals surface area (Å²) in [7, 11) is 5.95. The highest BCUT2D eigenvalue weighted by Gasteiger charge is 2.29. The zero-order valence-electron chi connectivity index (χ0n) is 17.6. The number of benzene rings is 2. The normalized spacial score (nSPS) is 11.2. The van der Waals surface area contributed by atoms with Gasteiger partial charge in [-0.05, 0) is 11.1 Å². The predicted octanol–water partition coefficient (Wildman–Crippen LogP) is 2.94. The van der Waals surface area contributed by atoms with E-state index < -0.39 is 24.2 Å². The van der Waals surface area contributed by atoms with Crippen LogP contribution in [0.5, 0.6) is 0 Å². The molecular formula is C22H27N3O5. The maximum atomic E-state index is 12.7. The Morgan fingerprint density at radius 2 is 1.33 bits per heavy atom. The van der Waals surface area contributed by atoms with Crippen LogP contribution in [0.15, 0.2) is 60.7 Å². The van der Waals surface area contributed by atoms with E-state index in [0.29, 0.717) is 0 Å². The van der Waals surface area contributed by atoms with Crippen molar-refractivity contribution in [2.24, 2.45) is 0 Å². The van der Waals surface area contributed by atoms with Crippen molar-refractivity contribution in [1.29, 1.82) is 0 Å². The van der Waals surface area contributed by atoms with Crippen molar-refractivity contribution in [2.75, 3.05) is 28.2 Å². The average Bonchev–Trinajstić information content (AvgIpc) is 2.76. The quantitative estimate of drug-likeness (QED) is 0.537. The highest BCUT2D eigenvalue weighted by molar-refractivity contribution is 5.81. The summed E-state index contributed by atoms with van der Waals surface area (Å²) in [6.45, 7) is 0.0668. The van der Waals surface area contributed by atoms with Gasteiger partial charge in [0.25, 0.3) is 0 Å². The van der Waals surface area contributed by atoms with Crippen LogP contribution in [0.25, 0.3) is 0 Å². The first kappa shape index (κ1) is 22.7. The summed E-state index contributed by atoms with van der Waals surface area (Å²) in [4.78, 5) is 38.6. The average molecular weight is 413 g/mol. The Morgan fingerprint density at radius 3 is 1.87 bits per heavy atom. The molecule has 0 spiro atoms. The topological polar surface area (TPSA) is 79.4 Å². The lowest BCUT2D eigenvalue weighted by Gasteiger charge is -2.30. The van der Waals surface area contributed by atoms with E-state index in [1.165, 1.54) is 19.0 Å². The molecular weight excluding hydrogens is 386 g/mol. The van der Waals surface area contributed by atoms with Crippen molar-refractivity contribution in [3.8, 4) is 0 Å². The molecule has 0 bridgehead atoms. The first-order valence-corrected chi connectivity index (χ1v) is 9.43. The molecule has 2 aromatic rings. The third-order valence-electron chi connectivity index (χ3n) is 4.37. The van der Waals surface area contributed by atoms with Crippen LogP contribution < -0.4 is 0 Å². The Balaban J connectivity index is 2.09. The van der Waals surface area contributed by atoms with Crippen molar-refractivity contribution in [1.82, 2.24) is 14.9 Å². The summed E-state index contributed by atoms with van der Waals surface area (Å²) >= 11 is 0. The van der Waals surface area contributed by atoms with Gasteiger partial charge in [-0.3, -0.25) is 0 Å². The highest BCUT2D eigenvalue weighted by Crippen LogP contribution is 2.12. The lowest BCUT2D eigenvalue weighted by atomic mass is 10.1. The van der Waals surface area contributed by atoms with E-state index in [1.54, 1.807) is 14.1 Å². The molecule has 0 N–H and O–H groups in total. The third-order valence-corrected chi connectivity index (χ3v) is 4.37. The molecule has 3 amide bonds. The number of hydrazine groups is 1. The predicted molar refractivity (Wildman–Crippen MR) is 111 cm³/mol. The molecule has 0 saturated carbocycles. The monoisotopic (exact) mass is 413 g/mol. The number of hydrogen-bond acceptors (Lipinski definition) is 5. The van der Waals surface area contributed by atoms with E-state index in [9.17, 15) is 14.4 Å². The van der Waals surface area contributed by atoms with Crippen molar-refractivity contribution < 1.29 is 23.9 Å². The van der Waals surface area contributed by atoms with Gasteiger partial charge in [-0.2, -0.15) is 0 Å². The first-order valence-electron chi connectivity index (χ1n) is 9.43. The molecule has 0 heterocycles. The summed E-state index contributed by atoms with van der Waals surface area (Å²) in [5, 5.41) is 2.10. The molecule has 0 aliphatic heterocycles. The molecule has 0 radical (unpaired) electrons. The summed E-state index contributed by atoms with van der Waals surface area (Å²) in [6.07, 6.45) is -1.85. The SMILES string of the molecule is CN(C)C(=O)N(C)N(C)C(=O)OC(Cc1ccccc1)C(=O)OCc1ccccc1. The van der Waals surface area contributed by atoms with Gasteiger partial charge in [0.15, 0.2) is 0 Å². The zero-order chi connectivity index (χ0) is 22.1. The molecule has 160 valence electrons. The van der Waals surface area contributed by atoms with Crippen LogP contribution in [0.2, 0.25) is 0 Å². The smallest absolute Gasteiger partial charge is 0.429 e. The van der Waals surface area contributed by atoms with E-state index >= 15 is 0 Å². The Morgan fingerprint density at radius 1 is 0.800 bits per heavy atom. The highest BCUT2D eigenvalue weighted by atomic mass is 16.6. The fraction of sp³-hybridized carbons (Fsp3) is 0.318. The van der Waals surface area contributed by atoms with E-state index in [0.717, 1.165) is 21.1 Å². The van der Waals surface area contributed by atoms with Crippen LogP contribution in [0.4, 0.5) is 9.59 Å².